The molecule has 0 aromatic heterocycles. The number of aliphatic carboxylic acids is 1. The molecule has 0 fully saturated rings. The molecule has 0 aromatic carbocycles. The fourth-order valence-corrected chi connectivity index (χ4v) is 2.34. The number of hydrogen-bond donors (Lipinski definition) is 7. The zero-order chi connectivity index (χ0) is 21.7. The lowest BCUT2D eigenvalue weighted by molar-refractivity contribution is -0.142. The second-order valence-corrected chi connectivity index (χ2v) is 6.94. The summed E-state index contributed by atoms with van der Waals surface area (Å²) in [5, 5.41) is 24.7. The predicted molar refractivity (Wildman–Crippen MR) is 102 cm³/mol. The van der Waals surface area contributed by atoms with E-state index in [9.17, 15) is 19.2 Å². The summed E-state index contributed by atoms with van der Waals surface area (Å²) in [4.78, 5) is 47.1. The van der Waals surface area contributed by atoms with Crippen molar-refractivity contribution in [2.75, 3.05) is 19.7 Å². The van der Waals surface area contributed by atoms with Crippen LogP contribution >= 0.6 is 0 Å². The van der Waals surface area contributed by atoms with Crippen molar-refractivity contribution in [3.63, 3.8) is 0 Å². The molecule has 162 valence electrons. The highest BCUT2D eigenvalue weighted by atomic mass is 16.4. The molecule has 11 nitrogen and oxygen atoms in total. The molecule has 3 atom stereocenters. The molecule has 0 bridgehead atoms. The van der Waals surface area contributed by atoms with Gasteiger partial charge < -0.3 is 37.6 Å². The van der Waals surface area contributed by atoms with E-state index in [4.69, 9.17) is 21.7 Å². The predicted octanol–water partition coefficient (Wildman–Crippen LogP) is -2.35. The first-order valence-corrected chi connectivity index (χ1v) is 9.29. The summed E-state index contributed by atoms with van der Waals surface area (Å²) in [6.45, 7) is 2.99. The van der Waals surface area contributed by atoms with Gasteiger partial charge in [0.1, 0.15) is 12.1 Å². The number of carbonyl (C=O) groups is 4. The number of aliphatic hydroxyl groups is 1. The number of carboxylic acid groups (broad SMARTS) is 1. The van der Waals surface area contributed by atoms with Crippen LogP contribution in [0.25, 0.3) is 0 Å². The van der Waals surface area contributed by atoms with Crippen LogP contribution in [0.5, 0.6) is 0 Å². The molecule has 0 radical (unpaired) electrons. The van der Waals surface area contributed by atoms with Crippen molar-refractivity contribution in [2.45, 2.75) is 57.7 Å². The van der Waals surface area contributed by atoms with Gasteiger partial charge in [-0.05, 0) is 31.7 Å². The minimum absolute atomic E-state index is 0.0871. The van der Waals surface area contributed by atoms with E-state index in [0.717, 1.165) is 6.42 Å². The third kappa shape index (κ3) is 10.8. The monoisotopic (exact) mass is 403 g/mol. The van der Waals surface area contributed by atoms with Crippen molar-refractivity contribution in [3.05, 3.63) is 0 Å². The third-order valence-corrected chi connectivity index (χ3v) is 3.89. The number of carboxylic acids is 1. The van der Waals surface area contributed by atoms with Gasteiger partial charge in [-0.2, -0.15) is 0 Å². The first kappa shape index (κ1) is 25.8. The van der Waals surface area contributed by atoms with Gasteiger partial charge in [-0.25, -0.2) is 4.79 Å². The largest absolute Gasteiger partial charge is 0.480 e. The average molecular weight is 403 g/mol. The molecule has 28 heavy (non-hydrogen) atoms. The molecule has 9 N–H and O–H groups in total. The Hall–Kier alpha value is -2.24. The number of amides is 3. The molecule has 0 saturated carbocycles. The van der Waals surface area contributed by atoms with Crippen LogP contribution in [0.2, 0.25) is 0 Å². The lowest BCUT2D eigenvalue weighted by Gasteiger charge is -2.22. The van der Waals surface area contributed by atoms with Gasteiger partial charge in [0.05, 0.1) is 19.2 Å². The summed E-state index contributed by atoms with van der Waals surface area (Å²) in [5.74, 6) is -3.13. The van der Waals surface area contributed by atoms with Crippen molar-refractivity contribution in [1.29, 1.82) is 0 Å². The molecule has 0 spiro atoms. The van der Waals surface area contributed by atoms with Gasteiger partial charge >= 0.3 is 5.97 Å². The van der Waals surface area contributed by atoms with E-state index in [1.165, 1.54) is 0 Å². The Morgan fingerprint density at radius 3 is 2.14 bits per heavy atom. The molecule has 0 aliphatic heterocycles. The van der Waals surface area contributed by atoms with Gasteiger partial charge in [0, 0.05) is 0 Å². The van der Waals surface area contributed by atoms with E-state index in [2.05, 4.69) is 16.0 Å². The smallest absolute Gasteiger partial charge is 0.328 e. The lowest BCUT2D eigenvalue weighted by atomic mass is 10.0. The molecule has 0 aliphatic carbocycles. The van der Waals surface area contributed by atoms with Crippen LogP contribution in [0, 0.1) is 5.92 Å². The van der Waals surface area contributed by atoms with Crippen LogP contribution in [0.3, 0.4) is 0 Å². The molecular weight excluding hydrogens is 370 g/mol. The minimum atomic E-state index is -1.46. The van der Waals surface area contributed by atoms with Crippen LogP contribution in [-0.4, -0.2) is 71.7 Å². The average Bonchev–Trinajstić information content (AvgIpc) is 2.62. The summed E-state index contributed by atoms with van der Waals surface area (Å²) in [6, 6.07) is -3.10. The maximum absolute atomic E-state index is 12.4. The zero-order valence-electron chi connectivity index (χ0n) is 16.4. The first-order valence-electron chi connectivity index (χ1n) is 9.29. The Morgan fingerprint density at radius 2 is 1.64 bits per heavy atom. The van der Waals surface area contributed by atoms with E-state index in [1.54, 1.807) is 0 Å². The summed E-state index contributed by atoms with van der Waals surface area (Å²) in [5.41, 5.74) is 11.2. The molecular formula is C17H33N5O6. The number of aliphatic hydroxyl groups excluding tert-OH is 1. The number of hydrogen-bond acceptors (Lipinski definition) is 7. The van der Waals surface area contributed by atoms with Crippen molar-refractivity contribution in [3.8, 4) is 0 Å². The molecule has 0 saturated heterocycles. The minimum Gasteiger partial charge on any atom is -0.480 e. The molecule has 3 unspecified atom stereocenters. The van der Waals surface area contributed by atoms with Crippen LogP contribution in [-0.2, 0) is 19.2 Å². The van der Waals surface area contributed by atoms with Crippen molar-refractivity contribution in [1.82, 2.24) is 16.0 Å². The number of nitrogens with one attached hydrogen (secondary N) is 3. The second kappa shape index (κ2) is 13.9. The van der Waals surface area contributed by atoms with Crippen LogP contribution in [0.1, 0.15) is 39.5 Å². The number of rotatable bonds is 14. The highest BCUT2D eigenvalue weighted by Gasteiger charge is 2.25. The fourth-order valence-electron chi connectivity index (χ4n) is 2.34. The Kier molecular flexibility index (Phi) is 12.7. The van der Waals surface area contributed by atoms with E-state index >= 15 is 0 Å². The number of unbranched alkanes of at least 4 members (excludes halogenated alkanes) is 1. The summed E-state index contributed by atoms with van der Waals surface area (Å²) in [6.07, 6.45) is 2.22. The lowest BCUT2D eigenvalue weighted by Crippen LogP contribution is -2.54. The van der Waals surface area contributed by atoms with Crippen LogP contribution < -0.4 is 27.4 Å². The van der Waals surface area contributed by atoms with Crippen molar-refractivity contribution < 1.29 is 29.4 Å². The Labute approximate surface area is 164 Å². The van der Waals surface area contributed by atoms with E-state index in [0.29, 0.717) is 25.8 Å². The maximum atomic E-state index is 12.4. The first-order chi connectivity index (χ1) is 13.1. The molecule has 3 amide bonds. The van der Waals surface area contributed by atoms with Gasteiger partial charge in [0.25, 0.3) is 0 Å². The maximum Gasteiger partial charge on any atom is 0.328 e. The Bertz CT molecular complexity index is 528. The van der Waals surface area contributed by atoms with Crippen molar-refractivity contribution in [2.24, 2.45) is 17.4 Å². The van der Waals surface area contributed by atoms with E-state index in [-0.39, 0.29) is 5.92 Å². The third-order valence-electron chi connectivity index (χ3n) is 3.89. The summed E-state index contributed by atoms with van der Waals surface area (Å²) < 4.78 is 0. The Morgan fingerprint density at radius 1 is 1.00 bits per heavy atom. The summed E-state index contributed by atoms with van der Waals surface area (Å²) >= 11 is 0. The molecule has 11 heteroatoms. The SMILES string of the molecule is CC(C)CC(NC(=O)C(N)CCCCN)C(=O)NCC(=O)NC(CO)C(=O)O. The second-order valence-electron chi connectivity index (χ2n) is 6.94. The summed E-state index contributed by atoms with van der Waals surface area (Å²) in [7, 11) is 0. The highest BCUT2D eigenvalue weighted by molar-refractivity contribution is 5.92. The highest BCUT2D eigenvalue weighted by Crippen LogP contribution is 2.06. The quantitative estimate of drug-likeness (QED) is 0.156. The molecule has 0 aliphatic rings. The number of nitrogens with two attached hydrogens (primary N) is 2. The van der Waals surface area contributed by atoms with Crippen LogP contribution in [0.15, 0.2) is 0 Å². The normalized spacial score (nSPS) is 14.1. The van der Waals surface area contributed by atoms with E-state index < -0.39 is 55.0 Å². The van der Waals surface area contributed by atoms with Crippen LogP contribution in [0.4, 0.5) is 0 Å². The Balaban J connectivity index is 4.70. The van der Waals surface area contributed by atoms with Gasteiger partial charge in [-0.15, -0.1) is 0 Å². The topological polar surface area (TPSA) is 197 Å². The van der Waals surface area contributed by atoms with E-state index in [1.807, 2.05) is 13.8 Å². The molecule has 0 heterocycles. The van der Waals surface area contributed by atoms with Gasteiger partial charge in [0.2, 0.25) is 17.7 Å². The molecule has 0 rings (SSSR count). The van der Waals surface area contributed by atoms with Gasteiger partial charge in [-0.3, -0.25) is 14.4 Å². The fraction of sp³-hybridized carbons (Fsp3) is 0.765. The molecule has 0 aromatic rings. The van der Waals surface area contributed by atoms with Gasteiger partial charge in [-0.1, -0.05) is 20.3 Å². The van der Waals surface area contributed by atoms with Gasteiger partial charge in [0.15, 0.2) is 0 Å². The standard InChI is InChI=1S/C17H33N5O6/c1-10(2)7-12(22-15(25)11(19)5-3-4-6-18)16(26)20-8-14(24)21-13(9-23)17(27)28/h10-13,23H,3-9,18-19H2,1-2H3,(H,20,26)(H,21,24)(H,22,25)(H,27,28). The van der Waals surface area contributed by atoms with Crippen molar-refractivity contribution >= 4 is 23.7 Å². The number of carbonyl (C=O) groups excluding carboxylic acids is 3. The zero-order valence-corrected chi connectivity index (χ0v) is 16.4.